The molecule has 9 nitrogen and oxygen atoms in total. The van der Waals surface area contributed by atoms with Crippen molar-refractivity contribution in [1.82, 2.24) is 5.58 Å². The Balaban J connectivity index is 0.000000181. The van der Waals surface area contributed by atoms with Crippen molar-refractivity contribution in [2.75, 3.05) is 4.90 Å². The molecule has 81 heavy (non-hydrogen) atoms. The van der Waals surface area contributed by atoms with Gasteiger partial charge in [0.25, 0.3) is 0 Å². The third kappa shape index (κ3) is 9.86. The number of benzene rings is 5. The Labute approximate surface area is 514 Å². The minimum absolute atomic E-state index is 0. The van der Waals surface area contributed by atoms with Crippen molar-refractivity contribution in [2.45, 2.75) is 126 Å². The molecule has 2 aromatic heterocycles. The molecule has 7 aromatic rings. The van der Waals surface area contributed by atoms with Gasteiger partial charge in [0.2, 0.25) is 19.7 Å². The van der Waals surface area contributed by atoms with Gasteiger partial charge in [-0.3, -0.25) is 0 Å². The van der Waals surface area contributed by atoms with Crippen molar-refractivity contribution in [2.24, 2.45) is 9.98 Å². The van der Waals surface area contributed by atoms with Gasteiger partial charge in [-0.25, -0.2) is 16.8 Å². The maximum atomic E-state index is 13.3. The molecule has 0 fully saturated rings. The number of para-hydroxylation sites is 2. The second kappa shape index (κ2) is 23.5. The van der Waals surface area contributed by atoms with Crippen LogP contribution in [0.2, 0.25) is 0 Å². The first-order valence-electron chi connectivity index (χ1n) is 27.9. The van der Waals surface area contributed by atoms with E-state index in [1.807, 2.05) is 77.7 Å². The topological polar surface area (TPSA) is 106 Å². The largest absolute Gasteiger partial charge is 0.359 e. The van der Waals surface area contributed by atoms with Gasteiger partial charge in [-0.2, -0.15) is 48.5 Å². The van der Waals surface area contributed by atoms with E-state index in [1.54, 1.807) is 6.07 Å². The number of hydrogen-bond acceptors (Lipinski definition) is 7. The number of aromatic nitrogens is 2. The van der Waals surface area contributed by atoms with E-state index in [0.29, 0.717) is 5.56 Å². The smallest absolute Gasteiger partial charge is 0.209 e. The first-order chi connectivity index (χ1) is 38.6. The Morgan fingerprint density at radius 2 is 0.889 bits per heavy atom. The van der Waals surface area contributed by atoms with Crippen LogP contribution in [0.4, 0.5) is 17.1 Å². The number of nitrogens with zero attached hydrogens (tertiary/aromatic N) is 5. The van der Waals surface area contributed by atoms with Crippen molar-refractivity contribution in [1.29, 1.82) is 0 Å². The Bertz CT molecular complexity index is 4100. The molecule has 1 radical (unpaired) electrons. The van der Waals surface area contributed by atoms with E-state index in [2.05, 4.69) is 97.4 Å². The van der Waals surface area contributed by atoms with Crippen molar-refractivity contribution in [3.63, 3.8) is 0 Å². The third-order valence-electron chi connectivity index (χ3n) is 16.1. The molecule has 0 aliphatic carbocycles. The first kappa shape index (κ1) is 59.1. The quantitative estimate of drug-likeness (QED) is 0.0895. The van der Waals surface area contributed by atoms with Crippen LogP contribution in [0, 0.1) is 12.1 Å². The molecule has 0 saturated carbocycles. The van der Waals surface area contributed by atoms with E-state index in [1.165, 1.54) is 80.9 Å². The second-order valence-corrected chi connectivity index (χ2v) is 37.8. The zero-order chi connectivity index (χ0) is 56.4. The fraction of sp³-hybridized carbons (Fsp3) is 0.242. The molecule has 0 amide bonds. The molecule has 5 aromatic carbocycles. The fourth-order valence-electron chi connectivity index (χ4n) is 12.5. The molecule has 6 bridgehead atoms. The van der Waals surface area contributed by atoms with Crippen LogP contribution in [0.25, 0.3) is 35.4 Å². The maximum Gasteiger partial charge on any atom is 0.209 e. The molecule has 0 N–H and O–H groups in total. The van der Waals surface area contributed by atoms with E-state index in [0.717, 1.165) is 119 Å². The van der Waals surface area contributed by atoms with E-state index < -0.39 is 36.3 Å². The van der Waals surface area contributed by atoms with E-state index in [9.17, 15) is 16.8 Å². The predicted octanol–water partition coefficient (Wildman–Crippen LogP) is 14.7. The van der Waals surface area contributed by atoms with Gasteiger partial charge in [0.05, 0.1) is 19.6 Å². The summed E-state index contributed by atoms with van der Waals surface area (Å²) in [4.78, 5) is 12.0. The average molecular weight is 1330 g/mol. The number of rotatable bonds is 12. The summed E-state index contributed by atoms with van der Waals surface area (Å²) >= 11 is -4.53. The minimum atomic E-state index is -4.53. The predicted molar refractivity (Wildman–Crippen MR) is 330 cm³/mol. The first-order valence-corrected chi connectivity index (χ1v) is 40.6. The van der Waals surface area contributed by atoms with Crippen LogP contribution < -0.4 is 15.6 Å². The van der Waals surface area contributed by atoms with E-state index in [-0.39, 0.29) is 52.3 Å². The number of allylic oxidation sites excluding steroid dienone is 4. The van der Waals surface area contributed by atoms with E-state index >= 15 is 0 Å². The molecule has 15 heteroatoms. The summed E-state index contributed by atoms with van der Waals surface area (Å²) in [6.45, 7) is 18.0. The van der Waals surface area contributed by atoms with Gasteiger partial charge in [0.15, 0.2) is 0 Å². The Morgan fingerprint density at radius 3 is 1.31 bits per heavy atom. The van der Waals surface area contributed by atoms with Gasteiger partial charge < -0.3 is 4.90 Å². The molecule has 0 saturated heterocycles. The van der Waals surface area contributed by atoms with Crippen LogP contribution in [0.3, 0.4) is 0 Å². The second-order valence-electron chi connectivity index (χ2n) is 20.2. The summed E-state index contributed by atoms with van der Waals surface area (Å²) < 4.78 is 57.8. The Hall–Kier alpha value is -5.12. The number of halogens is 2. The maximum absolute atomic E-state index is 13.3. The van der Waals surface area contributed by atoms with Crippen LogP contribution in [-0.2, 0) is 78.1 Å². The molecule has 5 aliphatic rings. The molecular weight excluding hydrogens is 1270 g/mol. The summed E-state index contributed by atoms with van der Waals surface area (Å²) in [5.74, 6) is 0. The van der Waals surface area contributed by atoms with Crippen molar-refractivity contribution in [3.05, 3.63) is 205 Å². The summed E-state index contributed by atoms with van der Waals surface area (Å²) in [5.41, 5.74) is 21.1. The molecule has 5 aliphatic heterocycles. The minimum Gasteiger partial charge on any atom is -0.359 e. The van der Waals surface area contributed by atoms with Crippen molar-refractivity contribution >= 4 is 107 Å². The van der Waals surface area contributed by atoms with Crippen LogP contribution in [0.5, 0.6) is 0 Å². The van der Waals surface area contributed by atoms with Crippen LogP contribution in [0.1, 0.15) is 115 Å². The normalized spacial score (nSPS) is 16.5. The molecule has 0 spiro atoms. The van der Waals surface area contributed by atoms with Gasteiger partial charge in [0.1, 0.15) is 0 Å². The van der Waals surface area contributed by atoms with Crippen LogP contribution >= 0.6 is 17.8 Å². The van der Waals surface area contributed by atoms with Crippen LogP contribution in [0.15, 0.2) is 179 Å². The Morgan fingerprint density at radius 1 is 0.469 bits per heavy atom. The molecule has 411 valence electrons. The van der Waals surface area contributed by atoms with Gasteiger partial charge in [0, 0.05) is 38.4 Å². The SMILES string of the molecule is CCC1=C(CC)C2=NC1=Cc1c(CC)c(CC)c3[n]1[Sn]([Cl])([Cl])[n]1c(c(CC)c(CC)c1=CC1=NC(=C3)C(CC)=C1CC)=C2.O=S1(=O)c2ccccc2S(=O)(=O)c2cc(-c3ccc(N(c4[c-]cccc4)c4[c-]cccc4)cc3)ccc21.[Y]. The van der Waals surface area contributed by atoms with E-state index in [4.69, 9.17) is 27.8 Å². The summed E-state index contributed by atoms with van der Waals surface area (Å²) in [6, 6.07) is 39.6. The standard InChI is InChI=1S/C36H44N4.C30H19NO4S2.2ClH.Sn.Y/c1-9-21-22(10-2)30-18-32-25(13-5)26(14-6)34(39-32)20-36-28(16-8)27(15-7)35(40-36)19-33-24(12-4)23(11-3)31(38-33)17-29(21)37-30;32-36(33)27-13-7-8-14-28(27)37(34,35)30-21-23(17-20-29(30)36)22-15-18-26(19-16-22)31(24-9-3-1-4-10-24)25-11-5-2-6-12-25;;;;/h17-20H,9-16H2,1-8H3;1-9,11,13-21H;2*1H;;/q2*-2;;;+4;/p-2. The van der Waals surface area contributed by atoms with Crippen LogP contribution in [-0.4, -0.2) is 50.5 Å². The number of aliphatic imine (C=N–C) groups is 2. The van der Waals surface area contributed by atoms with Gasteiger partial charge >= 0.3 is 271 Å². The number of sulfone groups is 2. The summed E-state index contributed by atoms with van der Waals surface area (Å²) in [7, 11) is 8.25. The monoisotopic (exact) mass is 1330 g/mol. The molecule has 0 unspecified atom stereocenters. The zero-order valence-electron chi connectivity index (χ0n) is 47.0. The third-order valence-corrected chi connectivity index (χ3v) is 30.5. The van der Waals surface area contributed by atoms with Crippen molar-refractivity contribution in [3.8, 4) is 11.1 Å². The number of hydrogen-bond donors (Lipinski definition) is 0. The fourth-order valence-corrected chi connectivity index (χ4v) is 27.7. The molecule has 0 atom stereocenters. The summed E-state index contributed by atoms with van der Waals surface area (Å²) in [6.07, 6.45) is 16.6. The zero-order valence-corrected chi connectivity index (χ0v) is 55.8. The number of fused-ring (bicyclic) bond motifs is 4. The van der Waals surface area contributed by atoms with Gasteiger partial charge in [-0.05, 0) is 47.5 Å². The van der Waals surface area contributed by atoms with Gasteiger partial charge in [-0.15, -0.1) is 12.1 Å². The molecular formula is C66H63Cl2N5O4S2SnY-2. The number of anilines is 3. The molecule has 12 rings (SSSR count). The van der Waals surface area contributed by atoms with Crippen molar-refractivity contribution < 1.29 is 49.5 Å². The average Bonchev–Trinajstić information content (AvgIpc) is 4.33. The molecule has 7 heterocycles. The summed E-state index contributed by atoms with van der Waals surface area (Å²) in [5, 5.41) is 2.27. The van der Waals surface area contributed by atoms with Gasteiger partial charge in [-0.1, -0.05) is 41.7 Å². The Kier molecular flexibility index (Phi) is 17.1.